The van der Waals surface area contributed by atoms with Gasteiger partial charge in [0.05, 0.1) is 0 Å². The van der Waals surface area contributed by atoms with E-state index in [1.165, 1.54) is 25.3 Å². The molecule has 1 aromatic rings. The first kappa shape index (κ1) is 13.0. The summed E-state index contributed by atoms with van der Waals surface area (Å²) in [7, 11) is 1.62. The standard InChI is InChI=1S/C10H13N3O4/c1-7(14)8(11-2)6-17-9-4-3-5-12-10(9)13(15)16/h3-5,8,11H,6H2,1-2H3/t8-/m0/s1. The minimum atomic E-state index is -0.627. The minimum absolute atomic E-state index is 0.0262. The van der Waals surface area contributed by atoms with E-state index in [1.54, 1.807) is 7.05 Å². The van der Waals surface area contributed by atoms with Gasteiger partial charge in [0, 0.05) is 0 Å². The molecule has 0 spiro atoms. The number of carbonyl (C=O) groups is 1. The zero-order chi connectivity index (χ0) is 12.8. The number of carbonyl (C=O) groups excluding carboxylic acids is 1. The Hall–Kier alpha value is -2.02. The molecule has 0 radical (unpaired) electrons. The van der Waals surface area contributed by atoms with Gasteiger partial charge in [-0.15, -0.1) is 0 Å². The fraction of sp³-hybridized carbons (Fsp3) is 0.400. The van der Waals surface area contributed by atoms with E-state index in [-0.39, 0.29) is 24.0 Å². The van der Waals surface area contributed by atoms with Crippen molar-refractivity contribution in [3.63, 3.8) is 0 Å². The van der Waals surface area contributed by atoms with Crippen LogP contribution >= 0.6 is 0 Å². The molecule has 1 heterocycles. The average Bonchev–Trinajstić information content (AvgIpc) is 2.29. The molecule has 1 N–H and O–H groups in total. The van der Waals surface area contributed by atoms with Gasteiger partial charge in [0.2, 0.25) is 5.75 Å². The second-order valence-electron chi connectivity index (χ2n) is 3.35. The molecule has 92 valence electrons. The SMILES string of the molecule is CN[C@@H](COc1cccnc1[N+](=O)[O-])C(C)=O. The maximum Gasteiger partial charge on any atom is 0.406 e. The van der Waals surface area contributed by atoms with Gasteiger partial charge >= 0.3 is 5.82 Å². The van der Waals surface area contributed by atoms with E-state index in [0.29, 0.717) is 0 Å². The molecule has 0 fully saturated rings. The zero-order valence-electron chi connectivity index (χ0n) is 9.54. The first-order valence-electron chi connectivity index (χ1n) is 4.96. The largest absolute Gasteiger partial charge is 0.484 e. The summed E-state index contributed by atoms with van der Waals surface area (Å²) in [6.45, 7) is 1.44. The quantitative estimate of drug-likeness (QED) is 0.575. The number of aromatic nitrogens is 1. The molecule has 0 amide bonds. The third-order valence-corrected chi connectivity index (χ3v) is 2.17. The number of likely N-dealkylation sites (N-methyl/N-ethyl adjacent to an activating group) is 1. The molecule has 1 rings (SSSR count). The van der Waals surface area contributed by atoms with Crippen LogP contribution in [-0.2, 0) is 4.79 Å². The predicted octanol–water partition coefficient (Wildman–Crippen LogP) is 0.546. The number of hydrogen-bond donors (Lipinski definition) is 1. The Bertz CT molecular complexity index is 422. The van der Waals surface area contributed by atoms with Crippen LogP contribution in [-0.4, -0.2) is 35.4 Å². The number of nitro groups is 1. The number of pyridine rings is 1. The van der Waals surface area contributed by atoms with E-state index in [2.05, 4.69) is 10.3 Å². The highest BCUT2D eigenvalue weighted by Crippen LogP contribution is 2.22. The lowest BCUT2D eigenvalue weighted by Crippen LogP contribution is -2.37. The van der Waals surface area contributed by atoms with Crippen LogP contribution < -0.4 is 10.1 Å². The van der Waals surface area contributed by atoms with Gasteiger partial charge in [-0.2, -0.15) is 0 Å². The summed E-state index contributed by atoms with van der Waals surface area (Å²) >= 11 is 0. The van der Waals surface area contributed by atoms with Crippen LogP contribution in [0.2, 0.25) is 0 Å². The van der Waals surface area contributed by atoms with Crippen LogP contribution in [0.3, 0.4) is 0 Å². The minimum Gasteiger partial charge on any atom is -0.484 e. The van der Waals surface area contributed by atoms with Crippen molar-refractivity contribution < 1.29 is 14.5 Å². The molecule has 0 aliphatic carbocycles. The summed E-state index contributed by atoms with van der Waals surface area (Å²) in [6.07, 6.45) is 1.31. The summed E-state index contributed by atoms with van der Waals surface area (Å²) in [6, 6.07) is 2.48. The highest BCUT2D eigenvalue weighted by atomic mass is 16.6. The van der Waals surface area contributed by atoms with E-state index < -0.39 is 11.0 Å². The number of ether oxygens (including phenoxy) is 1. The number of nitrogens with zero attached hydrogens (tertiary/aromatic N) is 2. The maximum absolute atomic E-state index is 11.1. The molecule has 0 aromatic carbocycles. The lowest BCUT2D eigenvalue weighted by atomic mass is 10.2. The van der Waals surface area contributed by atoms with Crippen molar-refractivity contribution in [3.8, 4) is 5.75 Å². The van der Waals surface area contributed by atoms with Crippen LogP contribution in [0.5, 0.6) is 5.75 Å². The molecule has 0 saturated heterocycles. The number of hydrogen-bond acceptors (Lipinski definition) is 6. The summed E-state index contributed by atoms with van der Waals surface area (Å²) < 4.78 is 5.23. The molecule has 17 heavy (non-hydrogen) atoms. The molecule has 7 heteroatoms. The van der Waals surface area contributed by atoms with Gasteiger partial charge in [0.25, 0.3) is 0 Å². The second-order valence-corrected chi connectivity index (χ2v) is 3.35. The van der Waals surface area contributed by atoms with Gasteiger partial charge < -0.3 is 20.2 Å². The highest BCUT2D eigenvalue weighted by Gasteiger charge is 2.18. The smallest absolute Gasteiger partial charge is 0.406 e. The van der Waals surface area contributed by atoms with Crippen molar-refractivity contribution in [2.45, 2.75) is 13.0 Å². The monoisotopic (exact) mass is 239 g/mol. The Balaban J connectivity index is 2.75. The Morgan fingerprint density at radius 2 is 2.41 bits per heavy atom. The lowest BCUT2D eigenvalue weighted by Gasteiger charge is -2.13. The Labute approximate surface area is 98.0 Å². The van der Waals surface area contributed by atoms with Crippen molar-refractivity contribution in [2.75, 3.05) is 13.7 Å². The first-order valence-corrected chi connectivity index (χ1v) is 4.96. The van der Waals surface area contributed by atoms with Crippen molar-refractivity contribution in [1.82, 2.24) is 10.3 Å². The first-order chi connectivity index (χ1) is 8.06. The molecular weight excluding hydrogens is 226 g/mol. The summed E-state index contributed by atoms with van der Waals surface area (Å²) in [5, 5.41) is 13.4. The predicted molar refractivity (Wildman–Crippen MR) is 59.9 cm³/mol. The van der Waals surface area contributed by atoms with E-state index in [4.69, 9.17) is 4.74 Å². The molecule has 0 aliphatic heterocycles. The van der Waals surface area contributed by atoms with Gasteiger partial charge in [0.15, 0.2) is 0 Å². The van der Waals surface area contributed by atoms with E-state index in [1.807, 2.05) is 0 Å². The van der Waals surface area contributed by atoms with Gasteiger partial charge in [-0.05, 0) is 36.0 Å². The highest BCUT2D eigenvalue weighted by molar-refractivity contribution is 5.81. The van der Waals surface area contributed by atoms with Gasteiger partial charge in [-0.25, -0.2) is 0 Å². The normalized spacial score (nSPS) is 11.9. The lowest BCUT2D eigenvalue weighted by molar-refractivity contribution is -0.390. The van der Waals surface area contributed by atoms with Crippen LogP contribution in [0, 0.1) is 10.1 Å². The van der Waals surface area contributed by atoms with Gasteiger partial charge in [-0.1, -0.05) is 0 Å². The molecule has 1 aromatic heterocycles. The van der Waals surface area contributed by atoms with Crippen molar-refractivity contribution in [2.24, 2.45) is 0 Å². The third-order valence-electron chi connectivity index (χ3n) is 2.17. The fourth-order valence-corrected chi connectivity index (χ4v) is 1.21. The number of Topliss-reactive ketones (excluding diaryl/α,β-unsaturated/α-hetero) is 1. The molecule has 0 saturated carbocycles. The van der Waals surface area contributed by atoms with Gasteiger partial charge in [0.1, 0.15) is 24.6 Å². The van der Waals surface area contributed by atoms with Crippen molar-refractivity contribution >= 4 is 11.6 Å². The molecular formula is C10H13N3O4. The average molecular weight is 239 g/mol. The Kier molecular flexibility index (Phi) is 4.53. The van der Waals surface area contributed by atoms with Crippen LogP contribution in [0.4, 0.5) is 5.82 Å². The van der Waals surface area contributed by atoms with Crippen LogP contribution in [0.15, 0.2) is 18.3 Å². The Morgan fingerprint density at radius 1 is 1.71 bits per heavy atom. The zero-order valence-corrected chi connectivity index (χ0v) is 9.54. The second kappa shape index (κ2) is 5.90. The fourth-order valence-electron chi connectivity index (χ4n) is 1.21. The van der Waals surface area contributed by atoms with Crippen LogP contribution in [0.25, 0.3) is 0 Å². The maximum atomic E-state index is 11.1. The summed E-state index contributed by atoms with van der Waals surface area (Å²) in [5.74, 6) is -0.399. The number of nitrogens with one attached hydrogen (secondary N) is 1. The summed E-state index contributed by atoms with van der Waals surface area (Å²) in [5.41, 5.74) is 0. The van der Waals surface area contributed by atoms with Gasteiger partial charge in [-0.3, -0.25) is 4.79 Å². The van der Waals surface area contributed by atoms with E-state index in [9.17, 15) is 14.9 Å². The molecule has 1 atom stereocenters. The third kappa shape index (κ3) is 3.49. The molecule has 7 nitrogen and oxygen atoms in total. The van der Waals surface area contributed by atoms with Crippen LogP contribution in [0.1, 0.15) is 6.92 Å². The Morgan fingerprint density at radius 3 is 2.94 bits per heavy atom. The topological polar surface area (TPSA) is 94.4 Å². The summed E-state index contributed by atoms with van der Waals surface area (Å²) in [4.78, 5) is 24.7. The van der Waals surface area contributed by atoms with E-state index >= 15 is 0 Å². The molecule has 0 unspecified atom stereocenters. The molecule has 0 bridgehead atoms. The molecule has 0 aliphatic rings. The number of rotatable bonds is 6. The van der Waals surface area contributed by atoms with E-state index in [0.717, 1.165) is 0 Å². The van der Waals surface area contributed by atoms with Crippen molar-refractivity contribution in [1.29, 1.82) is 0 Å². The number of ketones is 1. The van der Waals surface area contributed by atoms with Crippen molar-refractivity contribution in [3.05, 3.63) is 28.4 Å².